The molecular formula is C10H16FN3O2S. The smallest absolute Gasteiger partial charge is 0.299 e. The van der Waals surface area contributed by atoms with Crippen LogP contribution in [0.3, 0.4) is 0 Å². The molecule has 5 nitrogen and oxygen atoms in total. The van der Waals surface area contributed by atoms with Gasteiger partial charge in [-0.2, -0.15) is 13.1 Å². The van der Waals surface area contributed by atoms with E-state index in [4.69, 9.17) is 5.73 Å². The van der Waals surface area contributed by atoms with Gasteiger partial charge < -0.3 is 5.73 Å². The normalized spacial score (nSPS) is 11.8. The maximum absolute atomic E-state index is 13.3. The molecule has 0 aliphatic heterocycles. The molecule has 0 saturated heterocycles. The third-order valence-electron chi connectivity index (χ3n) is 1.96. The molecule has 0 unspecified atom stereocenters. The molecule has 0 aliphatic rings. The second-order valence-corrected chi connectivity index (χ2v) is 5.55. The van der Waals surface area contributed by atoms with Gasteiger partial charge in [-0.1, -0.05) is 19.9 Å². The summed E-state index contributed by atoms with van der Waals surface area (Å²) in [6.45, 7) is 3.99. The number of anilines is 2. The lowest BCUT2D eigenvalue weighted by atomic mass is 10.2. The Morgan fingerprint density at radius 1 is 1.41 bits per heavy atom. The standard InChI is InChI=1S/C10H16FN3O2S/c1-7(2)6-13-17(15,16)14-10-8(11)4-3-5-9(10)12/h3-5,7,13-14H,6,12H2,1-2H3. The van der Waals surface area contributed by atoms with Gasteiger partial charge in [0.05, 0.1) is 5.69 Å². The first-order valence-corrected chi connectivity index (χ1v) is 6.61. The maximum Gasteiger partial charge on any atom is 0.299 e. The summed E-state index contributed by atoms with van der Waals surface area (Å²) in [4.78, 5) is 0. The lowest BCUT2D eigenvalue weighted by Gasteiger charge is -2.12. The number of halogens is 1. The Balaban J connectivity index is 2.83. The van der Waals surface area contributed by atoms with Crippen molar-refractivity contribution in [2.75, 3.05) is 17.0 Å². The van der Waals surface area contributed by atoms with E-state index in [2.05, 4.69) is 9.44 Å². The van der Waals surface area contributed by atoms with Crippen molar-refractivity contribution in [2.24, 2.45) is 5.92 Å². The molecule has 0 fully saturated rings. The highest BCUT2D eigenvalue weighted by Crippen LogP contribution is 2.22. The summed E-state index contributed by atoms with van der Waals surface area (Å²) in [5, 5.41) is 0. The van der Waals surface area contributed by atoms with Crippen molar-refractivity contribution in [2.45, 2.75) is 13.8 Å². The molecule has 17 heavy (non-hydrogen) atoms. The van der Waals surface area contributed by atoms with Gasteiger partial charge in [-0.15, -0.1) is 0 Å². The summed E-state index contributed by atoms with van der Waals surface area (Å²) >= 11 is 0. The van der Waals surface area contributed by atoms with Gasteiger partial charge in [-0.05, 0) is 18.1 Å². The number of hydrogen-bond acceptors (Lipinski definition) is 3. The van der Waals surface area contributed by atoms with Crippen molar-refractivity contribution in [3.8, 4) is 0 Å². The predicted molar refractivity (Wildman–Crippen MR) is 66.2 cm³/mol. The molecule has 96 valence electrons. The third-order valence-corrected chi connectivity index (χ3v) is 2.98. The van der Waals surface area contributed by atoms with Crippen LogP contribution in [0.15, 0.2) is 18.2 Å². The molecule has 0 aromatic heterocycles. The molecule has 1 aromatic carbocycles. The van der Waals surface area contributed by atoms with Crippen LogP contribution in [0, 0.1) is 11.7 Å². The molecule has 4 N–H and O–H groups in total. The van der Waals surface area contributed by atoms with Gasteiger partial charge in [0, 0.05) is 6.54 Å². The fourth-order valence-electron chi connectivity index (χ4n) is 1.10. The molecule has 1 aromatic rings. The Morgan fingerprint density at radius 3 is 2.59 bits per heavy atom. The summed E-state index contributed by atoms with van der Waals surface area (Å²) in [6.07, 6.45) is 0. The third kappa shape index (κ3) is 4.20. The Hall–Kier alpha value is -1.34. The van der Waals surface area contributed by atoms with Crippen LogP contribution in [0.25, 0.3) is 0 Å². The largest absolute Gasteiger partial charge is 0.397 e. The van der Waals surface area contributed by atoms with Crippen LogP contribution < -0.4 is 15.2 Å². The minimum atomic E-state index is -3.79. The molecule has 0 amide bonds. The number of para-hydroxylation sites is 1. The Bertz CT molecular complexity index is 468. The van der Waals surface area contributed by atoms with E-state index in [0.29, 0.717) is 0 Å². The van der Waals surface area contributed by atoms with Crippen molar-refractivity contribution in [1.29, 1.82) is 0 Å². The minimum absolute atomic E-state index is 0.0416. The first kappa shape index (κ1) is 13.7. The number of nitrogen functional groups attached to an aromatic ring is 1. The van der Waals surface area contributed by atoms with Crippen LogP contribution in [-0.4, -0.2) is 15.0 Å². The maximum atomic E-state index is 13.3. The van der Waals surface area contributed by atoms with E-state index in [1.165, 1.54) is 12.1 Å². The quantitative estimate of drug-likeness (QED) is 0.699. The van der Waals surface area contributed by atoms with Crippen LogP contribution in [0.4, 0.5) is 15.8 Å². The van der Waals surface area contributed by atoms with Crippen LogP contribution >= 0.6 is 0 Å². The van der Waals surface area contributed by atoms with Gasteiger partial charge in [0.15, 0.2) is 0 Å². The predicted octanol–water partition coefficient (Wildman–Crippen LogP) is 1.31. The van der Waals surface area contributed by atoms with E-state index in [0.717, 1.165) is 6.07 Å². The molecule has 0 aliphatic carbocycles. The lowest BCUT2D eigenvalue weighted by molar-refractivity contribution is 0.564. The van der Waals surface area contributed by atoms with Crippen molar-refractivity contribution in [3.05, 3.63) is 24.0 Å². The second kappa shape index (κ2) is 5.33. The summed E-state index contributed by atoms with van der Waals surface area (Å²) in [6, 6.07) is 3.96. The molecule has 0 radical (unpaired) electrons. The van der Waals surface area contributed by atoms with E-state index in [1.54, 1.807) is 0 Å². The number of nitrogens with one attached hydrogen (secondary N) is 2. The number of benzene rings is 1. The molecule has 0 bridgehead atoms. The zero-order chi connectivity index (χ0) is 13.1. The summed E-state index contributed by atoms with van der Waals surface area (Å²) < 4.78 is 40.8. The fraction of sp³-hybridized carbons (Fsp3) is 0.400. The van der Waals surface area contributed by atoms with Gasteiger partial charge >= 0.3 is 0 Å². The van der Waals surface area contributed by atoms with Crippen LogP contribution in [-0.2, 0) is 10.2 Å². The van der Waals surface area contributed by atoms with E-state index in [-0.39, 0.29) is 23.8 Å². The Kier molecular flexibility index (Phi) is 4.30. The topological polar surface area (TPSA) is 84.2 Å². The Morgan fingerprint density at radius 2 is 2.06 bits per heavy atom. The van der Waals surface area contributed by atoms with Gasteiger partial charge in [0.2, 0.25) is 0 Å². The minimum Gasteiger partial charge on any atom is -0.397 e. The summed E-state index contributed by atoms with van der Waals surface area (Å²) in [7, 11) is -3.79. The summed E-state index contributed by atoms with van der Waals surface area (Å²) in [5.74, 6) is -0.551. The SMILES string of the molecule is CC(C)CNS(=O)(=O)Nc1c(N)cccc1F. The molecule has 0 spiro atoms. The van der Waals surface area contributed by atoms with E-state index >= 15 is 0 Å². The van der Waals surface area contributed by atoms with Gasteiger partial charge in [-0.3, -0.25) is 4.72 Å². The first-order chi connectivity index (χ1) is 7.82. The second-order valence-electron chi connectivity index (χ2n) is 4.05. The van der Waals surface area contributed by atoms with Gasteiger partial charge in [0.1, 0.15) is 11.5 Å². The lowest BCUT2D eigenvalue weighted by Crippen LogP contribution is -2.33. The zero-order valence-corrected chi connectivity index (χ0v) is 10.5. The highest BCUT2D eigenvalue weighted by molar-refractivity contribution is 7.90. The van der Waals surface area contributed by atoms with Crippen molar-refractivity contribution in [1.82, 2.24) is 4.72 Å². The number of rotatable bonds is 5. The molecule has 0 saturated carbocycles. The van der Waals surface area contributed by atoms with Crippen LogP contribution in [0.2, 0.25) is 0 Å². The van der Waals surface area contributed by atoms with E-state index < -0.39 is 16.0 Å². The number of nitrogens with two attached hydrogens (primary N) is 1. The molecule has 0 heterocycles. The number of hydrogen-bond donors (Lipinski definition) is 3. The van der Waals surface area contributed by atoms with Crippen molar-refractivity contribution in [3.63, 3.8) is 0 Å². The average Bonchev–Trinajstić information content (AvgIpc) is 2.21. The molecular weight excluding hydrogens is 245 g/mol. The van der Waals surface area contributed by atoms with E-state index in [9.17, 15) is 12.8 Å². The van der Waals surface area contributed by atoms with Crippen molar-refractivity contribution < 1.29 is 12.8 Å². The molecule has 7 heteroatoms. The Labute approximate surface area is 100 Å². The summed E-state index contributed by atoms with van der Waals surface area (Å²) in [5.41, 5.74) is 5.30. The van der Waals surface area contributed by atoms with Gasteiger partial charge in [0.25, 0.3) is 10.2 Å². The van der Waals surface area contributed by atoms with Crippen molar-refractivity contribution >= 4 is 21.6 Å². The highest BCUT2D eigenvalue weighted by Gasteiger charge is 2.14. The first-order valence-electron chi connectivity index (χ1n) is 5.13. The van der Waals surface area contributed by atoms with E-state index in [1.807, 2.05) is 13.8 Å². The fourth-order valence-corrected chi connectivity index (χ4v) is 2.20. The van der Waals surface area contributed by atoms with Gasteiger partial charge in [-0.25, -0.2) is 4.39 Å². The highest BCUT2D eigenvalue weighted by atomic mass is 32.2. The average molecular weight is 261 g/mol. The van der Waals surface area contributed by atoms with Crippen LogP contribution in [0.5, 0.6) is 0 Å². The van der Waals surface area contributed by atoms with Crippen LogP contribution in [0.1, 0.15) is 13.8 Å². The molecule has 0 atom stereocenters. The monoisotopic (exact) mass is 261 g/mol. The zero-order valence-electron chi connectivity index (χ0n) is 9.70. The molecule has 1 rings (SSSR count).